The molecule has 5 aromatic rings. The van der Waals surface area contributed by atoms with Crippen LogP contribution in [0, 0.1) is 0 Å². The van der Waals surface area contributed by atoms with Crippen molar-refractivity contribution in [1.82, 2.24) is 29.9 Å². The summed E-state index contributed by atoms with van der Waals surface area (Å²) >= 11 is 3.54. The van der Waals surface area contributed by atoms with Crippen molar-refractivity contribution in [3.05, 3.63) is 71.9 Å². The number of nitrogen functional groups attached to an aromatic ring is 1. The third-order valence-electron chi connectivity index (χ3n) is 4.57. The summed E-state index contributed by atoms with van der Waals surface area (Å²) in [4.78, 5) is 25.0. The molecule has 1 aromatic carbocycles. The van der Waals surface area contributed by atoms with Crippen molar-refractivity contribution >= 4 is 32.8 Å². The number of aromatic nitrogens is 6. The second kappa shape index (κ2) is 7.06. The lowest BCUT2D eigenvalue weighted by Gasteiger charge is -2.11. The number of nitrogens with one attached hydrogen (secondary N) is 1. The zero-order chi connectivity index (χ0) is 19.8. The predicted molar refractivity (Wildman–Crippen MR) is 116 cm³/mol. The van der Waals surface area contributed by atoms with Gasteiger partial charge in [-0.15, -0.1) is 0 Å². The van der Waals surface area contributed by atoms with Crippen molar-refractivity contribution in [1.29, 1.82) is 0 Å². The Hall–Kier alpha value is -3.65. The van der Waals surface area contributed by atoms with Crippen molar-refractivity contribution in [2.24, 2.45) is 0 Å². The number of anilines is 1. The second-order valence-corrected chi connectivity index (χ2v) is 7.31. The summed E-state index contributed by atoms with van der Waals surface area (Å²) in [6.45, 7) is 0. The summed E-state index contributed by atoms with van der Waals surface area (Å²) in [5.41, 5.74) is 11.0. The monoisotopic (exact) mass is 443 g/mol. The maximum absolute atomic E-state index is 6.17. The van der Waals surface area contributed by atoms with E-state index in [1.165, 1.54) is 6.33 Å². The highest BCUT2D eigenvalue weighted by molar-refractivity contribution is 9.10. The molecule has 0 bridgehead atoms. The van der Waals surface area contributed by atoms with Crippen LogP contribution in [0.3, 0.4) is 0 Å². The number of hydrogen-bond acceptors (Lipinski definition) is 6. The Labute approximate surface area is 174 Å². The van der Waals surface area contributed by atoms with Gasteiger partial charge in [-0.2, -0.15) is 0 Å². The minimum atomic E-state index is 0.398. The van der Waals surface area contributed by atoms with Gasteiger partial charge in [0.05, 0.1) is 11.1 Å². The minimum absolute atomic E-state index is 0.398. The first-order valence-corrected chi connectivity index (χ1v) is 9.62. The summed E-state index contributed by atoms with van der Waals surface area (Å²) in [5.74, 6) is 1.12. The molecule has 140 valence electrons. The normalized spacial score (nSPS) is 11.1. The van der Waals surface area contributed by atoms with Gasteiger partial charge in [-0.25, -0.2) is 19.9 Å². The molecule has 7 nitrogen and oxygen atoms in total. The topological polar surface area (TPSA) is 106 Å². The molecule has 0 atom stereocenters. The van der Waals surface area contributed by atoms with Gasteiger partial charge in [-0.1, -0.05) is 28.1 Å². The van der Waals surface area contributed by atoms with Gasteiger partial charge in [0.15, 0.2) is 11.5 Å². The van der Waals surface area contributed by atoms with Gasteiger partial charge < -0.3 is 10.7 Å². The van der Waals surface area contributed by atoms with E-state index in [-0.39, 0.29) is 0 Å². The third kappa shape index (κ3) is 3.23. The van der Waals surface area contributed by atoms with Crippen LogP contribution in [-0.2, 0) is 0 Å². The molecule has 0 aliphatic rings. The van der Waals surface area contributed by atoms with Gasteiger partial charge >= 0.3 is 0 Å². The molecule has 0 aliphatic heterocycles. The lowest BCUT2D eigenvalue weighted by molar-refractivity contribution is 1.18. The van der Waals surface area contributed by atoms with Gasteiger partial charge in [0.1, 0.15) is 17.8 Å². The zero-order valence-corrected chi connectivity index (χ0v) is 16.6. The molecule has 0 spiro atoms. The Bertz CT molecular complexity index is 1320. The van der Waals surface area contributed by atoms with Gasteiger partial charge in [-0.3, -0.25) is 4.98 Å². The second-order valence-electron chi connectivity index (χ2n) is 6.39. The Morgan fingerprint density at radius 1 is 0.897 bits per heavy atom. The largest absolute Gasteiger partial charge is 0.383 e. The number of pyridine rings is 2. The van der Waals surface area contributed by atoms with Crippen molar-refractivity contribution in [2.45, 2.75) is 0 Å². The van der Waals surface area contributed by atoms with Gasteiger partial charge in [-0.05, 0) is 41.5 Å². The maximum Gasteiger partial charge on any atom is 0.165 e. The minimum Gasteiger partial charge on any atom is -0.383 e. The quantitative estimate of drug-likeness (QED) is 0.425. The fourth-order valence-electron chi connectivity index (χ4n) is 3.21. The summed E-state index contributed by atoms with van der Waals surface area (Å²) in [6.07, 6.45) is 6.67. The number of halogens is 1. The molecule has 0 aliphatic carbocycles. The molecular weight excluding hydrogens is 430 g/mol. The first-order chi connectivity index (χ1) is 14.2. The number of hydrogen-bond donors (Lipinski definition) is 2. The number of nitrogens with two attached hydrogens (primary N) is 1. The molecule has 8 heteroatoms. The average molecular weight is 444 g/mol. The fourth-order valence-corrected chi connectivity index (χ4v) is 3.61. The van der Waals surface area contributed by atoms with Crippen molar-refractivity contribution in [3.63, 3.8) is 0 Å². The van der Waals surface area contributed by atoms with Crippen LogP contribution < -0.4 is 5.73 Å². The molecule has 0 radical (unpaired) electrons. The van der Waals surface area contributed by atoms with Crippen LogP contribution in [0.1, 0.15) is 0 Å². The number of benzene rings is 1. The van der Waals surface area contributed by atoms with Crippen LogP contribution in [0.5, 0.6) is 0 Å². The first kappa shape index (κ1) is 17.4. The molecule has 0 fully saturated rings. The van der Waals surface area contributed by atoms with Crippen LogP contribution in [0.4, 0.5) is 5.82 Å². The number of rotatable bonds is 3. The molecule has 5 rings (SSSR count). The van der Waals surface area contributed by atoms with E-state index in [0.29, 0.717) is 11.5 Å². The number of fused-ring (bicyclic) bond motifs is 1. The molecule has 3 N–H and O–H groups in total. The van der Waals surface area contributed by atoms with Gasteiger partial charge in [0, 0.05) is 28.6 Å². The van der Waals surface area contributed by atoms with Gasteiger partial charge in [0.2, 0.25) is 0 Å². The van der Waals surface area contributed by atoms with Crippen molar-refractivity contribution < 1.29 is 0 Å². The molecule has 0 saturated heterocycles. The Morgan fingerprint density at radius 2 is 1.83 bits per heavy atom. The molecule has 4 aromatic heterocycles. The molecular formula is C21H14BrN7. The lowest BCUT2D eigenvalue weighted by atomic mass is 10.0. The number of nitrogens with zero attached hydrogens (tertiary/aromatic N) is 5. The standard InChI is InChI=1S/C21H14BrN7/c22-14-3-1-2-12(8-14)15-9-17(29-21-18(15)19(23)27-11-28-21)13-4-5-16(26-10-13)20-24-6-7-25-20/h1-11H,(H,24,25)(H2,23,27,28,29). The molecule has 0 amide bonds. The van der Waals surface area contributed by atoms with Crippen LogP contribution in [0.2, 0.25) is 0 Å². The molecule has 29 heavy (non-hydrogen) atoms. The summed E-state index contributed by atoms with van der Waals surface area (Å²) in [7, 11) is 0. The van der Waals surface area contributed by atoms with E-state index >= 15 is 0 Å². The summed E-state index contributed by atoms with van der Waals surface area (Å²) < 4.78 is 0.974. The van der Waals surface area contributed by atoms with Gasteiger partial charge in [0.25, 0.3) is 0 Å². The highest BCUT2D eigenvalue weighted by atomic mass is 79.9. The van der Waals surface area contributed by atoms with E-state index in [1.807, 2.05) is 42.5 Å². The van der Waals surface area contributed by atoms with E-state index < -0.39 is 0 Å². The average Bonchev–Trinajstić information content (AvgIpc) is 3.28. The highest BCUT2D eigenvalue weighted by Gasteiger charge is 2.14. The van der Waals surface area contributed by atoms with Crippen molar-refractivity contribution in [3.8, 4) is 33.9 Å². The summed E-state index contributed by atoms with van der Waals surface area (Å²) in [6, 6.07) is 13.9. The van der Waals surface area contributed by atoms with Crippen LogP contribution >= 0.6 is 15.9 Å². The van der Waals surface area contributed by atoms with E-state index in [2.05, 4.69) is 40.8 Å². The Morgan fingerprint density at radius 3 is 2.59 bits per heavy atom. The highest BCUT2D eigenvalue weighted by Crippen LogP contribution is 2.34. The Kier molecular flexibility index (Phi) is 4.25. The molecule has 4 heterocycles. The van der Waals surface area contributed by atoms with Crippen LogP contribution in [0.15, 0.2) is 71.9 Å². The number of imidazole rings is 1. The number of H-pyrrole nitrogens is 1. The lowest BCUT2D eigenvalue weighted by Crippen LogP contribution is -1.99. The summed E-state index contributed by atoms with van der Waals surface area (Å²) in [5, 5.41) is 0.731. The third-order valence-corrected chi connectivity index (χ3v) is 5.06. The van der Waals surface area contributed by atoms with E-state index in [9.17, 15) is 0 Å². The Balaban J connectivity index is 1.69. The zero-order valence-electron chi connectivity index (χ0n) is 15.0. The van der Waals surface area contributed by atoms with E-state index in [0.717, 1.165) is 43.8 Å². The smallest absolute Gasteiger partial charge is 0.165 e. The SMILES string of the molecule is Nc1ncnc2nc(-c3ccc(-c4ncc[nH]4)nc3)cc(-c3cccc(Br)c3)c12. The van der Waals surface area contributed by atoms with Crippen LogP contribution in [-0.4, -0.2) is 29.9 Å². The fraction of sp³-hybridized carbons (Fsp3) is 0. The molecule has 0 unspecified atom stereocenters. The van der Waals surface area contributed by atoms with E-state index in [4.69, 9.17) is 10.7 Å². The first-order valence-electron chi connectivity index (χ1n) is 8.82. The number of aromatic amines is 1. The van der Waals surface area contributed by atoms with Crippen molar-refractivity contribution in [2.75, 3.05) is 5.73 Å². The molecule has 0 saturated carbocycles. The van der Waals surface area contributed by atoms with E-state index in [1.54, 1.807) is 18.6 Å². The van der Waals surface area contributed by atoms with Crippen LogP contribution in [0.25, 0.3) is 44.9 Å². The predicted octanol–water partition coefficient (Wildman–Crippen LogP) is 4.49. The maximum atomic E-state index is 6.17.